The molecule has 1 aromatic rings. The van der Waals surface area contributed by atoms with E-state index in [2.05, 4.69) is 31.4 Å². The lowest BCUT2D eigenvalue weighted by molar-refractivity contribution is -0.150. The van der Waals surface area contributed by atoms with Gasteiger partial charge in [-0.1, -0.05) is 20.8 Å². The summed E-state index contributed by atoms with van der Waals surface area (Å²) in [7, 11) is 1.38. The van der Waals surface area contributed by atoms with E-state index in [1.54, 1.807) is 6.92 Å². The molecule has 3 aliphatic carbocycles. The highest BCUT2D eigenvalue weighted by Crippen LogP contribution is 2.49. The standard InChI is InChI=1S/C30H43FN2O6/c1-16(29(2,3)4)32-27(35)24-17-7-8-18(13-17)25(24)33-26(34)20-14-23(21(31)15-22(20)38-6)39-19-9-11-30(5,12-10-19)28(36)37/h14-19,24-25H,7-13H2,1-6H3,(H,32,35)(H,33,34)(H,36,37)/t16-,17-,18+,19-,24+,25-,30+/m1/s1. The van der Waals surface area contributed by atoms with E-state index < -0.39 is 23.1 Å². The summed E-state index contributed by atoms with van der Waals surface area (Å²) < 4.78 is 26.2. The van der Waals surface area contributed by atoms with Crippen molar-refractivity contribution in [2.24, 2.45) is 28.6 Å². The van der Waals surface area contributed by atoms with Gasteiger partial charge in [0.25, 0.3) is 5.91 Å². The number of benzene rings is 1. The molecule has 5 atom stereocenters. The van der Waals surface area contributed by atoms with Crippen LogP contribution in [0.4, 0.5) is 4.39 Å². The van der Waals surface area contributed by atoms with Crippen LogP contribution in [0.25, 0.3) is 0 Å². The number of ether oxygens (including phenoxy) is 2. The summed E-state index contributed by atoms with van der Waals surface area (Å²) in [6, 6.07) is 2.17. The van der Waals surface area contributed by atoms with E-state index in [0.29, 0.717) is 25.7 Å². The first-order chi connectivity index (χ1) is 18.2. The van der Waals surface area contributed by atoms with Gasteiger partial charge in [-0.3, -0.25) is 14.4 Å². The van der Waals surface area contributed by atoms with Crippen LogP contribution in [0.15, 0.2) is 12.1 Å². The lowest BCUT2D eigenvalue weighted by Crippen LogP contribution is -2.52. The normalized spacial score (nSPS) is 30.9. The first-order valence-corrected chi connectivity index (χ1v) is 14.1. The third-order valence-corrected chi connectivity index (χ3v) is 9.52. The summed E-state index contributed by atoms with van der Waals surface area (Å²) in [4.78, 5) is 38.5. The Labute approximate surface area is 230 Å². The van der Waals surface area contributed by atoms with Crippen molar-refractivity contribution in [3.05, 3.63) is 23.5 Å². The molecule has 0 spiro atoms. The molecule has 0 heterocycles. The van der Waals surface area contributed by atoms with E-state index >= 15 is 0 Å². The fourth-order valence-corrected chi connectivity index (χ4v) is 6.34. The number of carboxylic acid groups (broad SMARTS) is 1. The molecule has 216 valence electrons. The maximum atomic E-state index is 14.9. The average molecular weight is 547 g/mol. The van der Waals surface area contributed by atoms with Crippen molar-refractivity contribution in [1.82, 2.24) is 10.6 Å². The number of amides is 2. The molecule has 9 heteroatoms. The summed E-state index contributed by atoms with van der Waals surface area (Å²) >= 11 is 0. The molecule has 0 aromatic heterocycles. The number of nitrogens with one attached hydrogen (secondary N) is 2. The second-order valence-electron chi connectivity index (χ2n) is 13.1. The Hall–Kier alpha value is -2.84. The largest absolute Gasteiger partial charge is 0.496 e. The van der Waals surface area contributed by atoms with Crippen LogP contribution >= 0.6 is 0 Å². The molecule has 3 N–H and O–H groups in total. The Morgan fingerprint density at radius 1 is 1.08 bits per heavy atom. The van der Waals surface area contributed by atoms with E-state index in [0.717, 1.165) is 25.3 Å². The van der Waals surface area contributed by atoms with Gasteiger partial charge < -0.3 is 25.2 Å². The van der Waals surface area contributed by atoms with Gasteiger partial charge in [-0.05, 0) is 82.1 Å². The van der Waals surface area contributed by atoms with E-state index in [9.17, 15) is 23.9 Å². The minimum Gasteiger partial charge on any atom is -0.496 e. The molecule has 1 aromatic carbocycles. The van der Waals surface area contributed by atoms with E-state index in [-0.39, 0.29) is 64.3 Å². The van der Waals surface area contributed by atoms with Crippen molar-refractivity contribution in [2.45, 2.75) is 97.8 Å². The van der Waals surface area contributed by atoms with E-state index in [1.807, 2.05) is 6.92 Å². The monoisotopic (exact) mass is 546 g/mol. The summed E-state index contributed by atoms with van der Waals surface area (Å²) in [6.45, 7) is 9.96. The lowest BCUT2D eigenvalue weighted by atomic mass is 9.75. The van der Waals surface area contributed by atoms with Gasteiger partial charge in [-0.15, -0.1) is 0 Å². The van der Waals surface area contributed by atoms with Crippen LogP contribution in [-0.4, -0.2) is 48.2 Å². The smallest absolute Gasteiger partial charge is 0.309 e. The molecule has 0 unspecified atom stereocenters. The van der Waals surface area contributed by atoms with Crippen molar-refractivity contribution in [3.8, 4) is 11.5 Å². The second-order valence-corrected chi connectivity index (χ2v) is 13.1. The molecule has 8 nitrogen and oxygen atoms in total. The molecule has 2 bridgehead atoms. The first-order valence-electron chi connectivity index (χ1n) is 14.1. The maximum absolute atomic E-state index is 14.9. The third kappa shape index (κ3) is 6.02. The lowest BCUT2D eigenvalue weighted by Gasteiger charge is -2.34. The number of methoxy groups -OCH3 is 1. The van der Waals surface area contributed by atoms with Crippen molar-refractivity contribution >= 4 is 17.8 Å². The summed E-state index contributed by atoms with van der Waals surface area (Å²) in [6.07, 6.45) is 4.30. The second kappa shape index (κ2) is 11.0. The van der Waals surface area contributed by atoms with Crippen molar-refractivity contribution in [3.63, 3.8) is 0 Å². The number of fused-ring (bicyclic) bond motifs is 2. The van der Waals surface area contributed by atoms with Crippen molar-refractivity contribution in [2.75, 3.05) is 7.11 Å². The minimum atomic E-state index is -0.837. The molecule has 4 rings (SSSR count). The van der Waals surface area contributed by atoms with Gasteiger partial charge in [-0.25, -0.2) is 4.39 Å². The van der Waals surface area contributed by atoms with Gasteiger partial charge in [0.2, 0.25) is 5.91 Å². The Kier molecular flexibility index (Phi) is 8.20. The predicted molar refractivity (Wildman–Crippen MR) is 144 cm³/mol. The number of hydrogen-bond donors (Lipinski definition) is 3. The zero-order chi connectivity index (χ0) is 28.7. The van der Waals surface area contributed by atoms with Crippen LogP contribution in [0.3, 0.4) is 0 Å². The highest BCUT2D eigenvalue weighted by Gasteiger charge is 2.52. The maximum Gasteiger partial charge on any atom is 0.309 e. The summed E-state index contributed by atoms with van der Waals surface area (Å²) in [5, 5.41) is 15.7. The average Bonchev–Trinajstić information content (AvgIpc) is 3.47. The fraction of sp³-hybridized carbons (Fsp3) is 0.700. The molecular formula is C30H43FN2O6. The molecule has 0 aliphatic heterocycles. The van der Waals surface area contributed by atoms with Crippen LogP contribution in [0, 0.1) is 34.4 Å². The molecule has 3 saturated carbocycles. The number of hydrogen-bond acceptors (Lipinski definition) is 5. The third-order valence-electron chi connectivity index (χ3n) is 9.52. The van der Waals surface area contributed by atoms with E-state index in [1.165, 1.54) is 13.2 Å². The number of carboxylic acids is 1. The van der Waals surface area contributed by atoms with Gasteiger partial charge in [0, 0.05) is 18.2 Å². The summed E-state index contributed by atoms with van der Waals surface area (Å²) in [5.41, 5.74) is -0.753. The molecule has 0 saturated heterocycles. The van der Waals surface area contributed by atoms with E-state index in [4.69, 9.17) is 9.47 Å². The first kappa shape index (κ1) is 29.2. The quantitative estimate of drug-likeness (QED) is 0.426. The number of carbonyl (C=O) groups is 3. The Morgan fingerprint density at radius 3 is 2.31 bits per heavy atom. The van der Waals surface area contributed by atoms with Gasteiger partial charge >= 0.3 is 5.97 Å². The zero-order valence-corrected chi connectivity index (χ0v) is 23.9. The van der Waals surface area contributed by atoms with Crippen LogP contribution in [0.2, 0.25) is 0 Å². The van der Waals surface area contributed by atoms with Crippen LogP contribution in [-0.2, 0) is 9.59 Å². The van der Waals surface area contributed by atoms with Gasteiger partial charge in [0.05, 0.1) is 30.1 Å². The van der Waals surface area contributed by atoms with Gasteiger partial charge in [-0.2, -0.15) is 0 Å². The van der Waals surface area contributed by atoms with Crippen molar-refractivity contribution < 1.29 is 33.4 Å². The Morgan fingerprint density at radius 2 is 1.72 bits per heavy atom. The van der Waals surface area contributed by atoms with Crippen LogP contribution in [0.1, 0.15) is 89.9 Å². The Balaban J connectivity index is 1.50. The number of carbonyl (C=O) groups excluding carboxylic acids is 2. The summed E-state index contributed by atoms with van der Waals surface area (Å²) in [5.74, 6) is -1.80. The molecule has 39 heavy (non-hydrogen) atoms. The van der Waals surface area contributed by atoms with Crippen LogP contribution < -0.4 is 20.1 Å². The highest BCUT2D eigenvalue weighted by atomic mass is 19.1. The topological polar surface area (TPSA) is 114 Å². The predicted octanol–water partition coefficient (Wildman–Crippen LogP) is 4.94. The molecule has 0 radical (unpaired) electrons. The molecule has 2 amide bonds. The fourth-order valence-electron chi connectivity index (χ4n) is 6.34. The molecule has 3 aliphatic rings. The highest BCUT2D eigenvalue weighted by molar-refractivity contribution is 5.98. The Bertz CT molecular complexity index is 1110. The number of aliphatic carboxylic acids is 1. The van der Waals surface area contributed by atoms with Gasteiger partial charge in [0.15, 0.2) is 11.6 Å². The van der Waals surface area contributed by atoms with Gasteiger partial charge in [0.1, 0.15) is 5.75 Å². The van der Waals surface area contributed by atoms with Crippen LogP contribution in [0.5, 0.6) is 11.5 Å². The number of rotatable bonds is 8. The SMILES string of the molecule is COc1cc(F)c(O[C@H]2CC[C@@](C)(C(=O)O)CC2)cc1C(=O)N[C@@H]1[C@H]2CC[C@H](C2)[C@@H]1C(=O)N[C@H](C)C(C)(C)C. The zero-order valence-electron chi connectivity index (χ0n) is 23.9. The molecule has 3 fully saturated rings. The minimum absolute atomic E-state index is 0.0227. The number of halogens is 1. The van der Waals surface area contributed by atoms with Crippen molar-refractivity contribution in [1.29, 1.82) is 0 Å². The molecular weight excluding hydrogens is 503 g/mol.